The van der Waals surface area contributed by atoms with E-state index in [1.54, 1.807) is 0 Å². The summed E-state index contributed by atoms with van der Waals surface area (Å²) in [6, 6.07) is 36.3. The van der Waals surface area contributed by atoms with Crippen molar-refractivity contribution in [3.05, 3.63) is 131 Å². The summed E-state index contributed by atoms with van der Waals surface area (Å²) in [5.41, 5.74) is 4.24. The number of amidine groups is 1. The summed E-state index contributed by atoms with van der Waals surface area (Å²) in [5.74, 6) is 1.09. The van der Waals surface area contributed by atoms with Gasteiger partial charge >= 0.3 is 0 Å². The number of hydrogen-bond donors (Lipinski definition) is 0. The fourth-order valence-electron chi connectivity index (χ4n) is 4.80. The number of ether oxygens (including phenoxy) is 2. The molecule has 0 aliphatic carbocycles. The monoisotopic (exact) mass is 561 g/mol. The number of carbonyl (C=O) groups is 1. The van der Waals surface area contributed by atoms with Gasteiger partial charge in [-0.15, -0.1) is 0 Å². The lowest BCUT2D eigenvalue weighted by atomic mass is 10.1. The van der Waals surface area contributed by atoms with Crippen molar-refractivity contribution in [1.29, 1.82) is 0 Å². The van der Waals surface area contributed by atoms with Crippen molar-refractivity contribution < 1.29 is 14.3 Å². The Morgan fingerprint density at radius 1 is 0.683 bits per heavy atom. The van der Waals surface area contributed by atoms with Crippen LogP contribution in [0.3, 0.4) is 0 Å². The van der Waals surface area contributed by atoms with Crippen LogP contribution < -0.4 is 14.4 Å². The molecule has 206 valence electrons. The van der Waals surface area contributed by atoms with Gasteiger partial charge in [0.1, 0.15) is 13.2 Å². The molecule has 0 saturated carbocycles. The van der Waals surface area contributed by atoms with Crippen molar-refractivity contribution in [1.82, 2.24) is 4.90 Å². The van der Waals surface area contributed by atoms with Crippen LogP contribution >= 0.6 is 11.8 Å². The smallest absolute Gasteiger partial charge is 0.286 e. The predicted octanol–water partition coefficient (Wildman–Crippen LogP) is 6.64. The van der Waals surface area contributed by atoms with E-state index >= 15 is 0 Å². The third-order valence-electron chi connectivity index (χ3n) is 7.02. The summed E-state index contributed by atoms with van der Waals surface area (Å²) in [5, 5.41) is 0.775. The summed E-state index contributed by atoms with van der Waals surface area (Å²) in [6.45, 7) is 4.29. The second kappa shape index (κ2) is 12.8. The molecule has 1 fully saturated rings. The molecule has 41 heavy (non-hydrogen) atoms. The first kappa shape index (κ1) is 26.7. The molecule has 1 amide bonds. The molecular formula is C34H31N3O3S. The van der Waals surface area contributed by atoms with E-state index in [2.05, 4.69) is 39.1 Å². The van der Waals surface area contributed by atoms with Gasteiger partial charge in [-0.1, -0.05) is 84.9 Å². The molecule has 6 rings (SSSR count). The molecule has 4 aromatic carbocycles. The molecule has 0 unspecified atom stereocenters. The van der Waals surface area contributed by atoms with E-state index < -0.39 is 0 Å². The van der Waals surface area contributed by atoms with Crippen molar-refractivity contribution in [3.63, 3.8) is 0 Å². The summed E-state index contributed by atoms with van der Waals surface area (Å²) >= 11 is 1.44. The largest absolute Gasteiger partial charge is 0.485 e. The fraction of sp³-hybridized carbons (Fsp3) is 0.176. The van der Waals surface area contributed by atoms with Crippen LogP contribution in [0.5, 0.6) is 11.5 Å². The number of para-hydroxylation sites is 1. The Morgan fingerprint density at radius 2 is 1.24 bits per heavy atom. The highest BCUT2D eigenvalue weighted by Crippen LogP contribution is 2.34. The van der Waals surface area contributed by atoms with Gasteiger partial charge in [-0.2, -0.15) is 4.99 Å². The van der Waals surface area contributed by atoms with Gasteiger partial charge in [-0.25, -0.2) is 0 Å². The number of amides is 1. The first-order valence-electron chi connectivity index (χ1n) is 13.8. The van der Waals surface area contributed by atoms with E-state index in [1.165, 1.54) is 17.4 Å². The summed E-state index contributed by atoms with van der Waals surface area (Å²) < 4.78 is 12.4. The van der Waals surface area contributed by atoms with Gasteiger partial charge in [0.25, 0.3) is 5.91 Å². The number of carbonyl (C=O) groups excluding carboxylic acids is 1. The molecule has 0 atom stereocenters. The van der Waals surface area contributed by atoms with E-state index in [0.717, 1.165) is 48.0 Å². The maximum absolute atomic E-state index is 12.9. The highest BCUT2D eigenvalue weighted by molar-refractivity contribution is 8.18. The summed E-state index contributed by atoms with van der Waals surface area (Å²) in [6.07, 6.45) is 1.89. The standard InChI is InChI=1S/C34H31N3O3S/c38-33-32(41-34(35-33)37-20-18-36(19-21-37)29-14-8-3-9-15-29)23-28-16-17-30(39-24-26-10-4-1-5-11-26)31(22-28)40-25-27-12-6-2-7-13-27/h1-17,22-23H,18-21,24-25H2/b32-23+. The zero-order chi connectivity index (χ0) is 27.9. The Balaban J connectivity index is 1.14. The molecule has 4 aromatic rings. The van der Waals surface area contributed by atoms with E-state index in [-0.39, 0.29) is 5.91 Å². The van der Waals surface area contributed by atoms with Crippen molar-refractivity contribution >= 4 is 34.6 Å². The highest BCUT2D eigenvalue weighted by atomic mass is 32.2. The number of thioether (sulfide) groups is 1. The molecule has 2 aliphatic heterocycles. The molecule has 0 N–H and O–H groups in total. The number of hydrogen-bond acceptors (Lipinski definition) is 6. The minimum absolute atomic E-state index is 0.202. The number of nitrogens with zero attached hydrogens (tertiary/aromatic N) is 3. The highest BCUT2D eigenvalue weighted by Gasteiger charge is 2.28. The molecule has 6 nitrogen and oxygen atoms in total. The molecular weight excluding hydrogens is 530 g/mol. The van der Waals surface area contributed by atoms with E-state index in [1.807, 2.05) is 91.0 Å². The first-order valence-corrected chi connectivity index (χ1v) is 14.6. The maximum atomic E-state index is 12.9. The van der Waals surface area contributed by atoms with Gasteiger partial charge in [0.15, 0.2) is 16.7 Å². The molecule has 1 saturated heterocycles. The van der Waals surface area contributed by atoms with Gasteiger partial charge in [-0.05, 0) is 58.8 Å². The summed E-state index contributed by atoms with van der Waals surface area (Å²) in [4.78, 5) is 22.4. The quantitative estimate of drug-likeness (QED) is 0.225. The number of piperazine rings is 1. The zero-order valence-corrected chi connectivity index (χ0v) is 23.5. The molecule has 0 spiro atoms. The van der Waals surface area contributed by atoms with Gasteiger partial charge < -0.3 is 19.3 Å². The van der Waals surface area contributed by atoms with E-state index in [9.17, 15) is 4.79 Å². The van der Waals surface area contributed by atoms with Gasteiger partial charge in [0.05, 0.1) is 4.91 Å². The zero-order valence-electron chi connectivity index (χ0n) is 22.7. The topological polar surface area (TPSA) is 54.4 Å². The van der Waals surface area contributed by atoms with Crippen molar-refractivity contribution in [3.8, 4) is 11.5 Å². The third-order valence-corrected chi connectivity index (χ3v) is 8.07. The van der Waals surface area contributed by atoms with Crippen LogP contribution in [0.25, 0.3) is 6.08 Å². The number of anilines is 1. The minimum Gasteiger partial charge on any atom is -0.485 e. The van der Waals surface area contributed by atoms with E-state index in [4.69, 9.17) is 9.47 Å². The second-order valence-corrected chi connectivity index (χ2v) is 10.9. The fourth-order valence-corrected chi connectivity index (χ4v) is 5.76. The number of rotatable bonds is 8. The Morgan fingerprint density at radius 3 is 1.88 bits per heavy atom. The van der Waals surface area contributed by atoms with Gasteiger partial charge in [0, 0.05) is 31.9 Å². The lowest BCUT2D eigenvalue weighted by Crippen LogP contribution is -2.47. The lowest BCUT2D eigenvalue weighted by Gasteiger charge is -2.36. The Bertz CT molecular complexity index is 1530. The molecule has 2 aliphatic rings. The van der Waals surface area contributed by atoms with Crippen LogP contribution in [0, 0.1) is 0 Å². The Labute approximate surface area is 244 Å². The van der Waals surface area contributed by atoms with Gasteiger partial charge in [0.2, 0.25) is 0 Å². The summed E-state index contributed by atoms with van der Waals surface area (Å²) in [7, 11) is 0. The number of aliphatic imine (C=N–C) groups is 1. The Kier molecular flexibility index (Phi) is 8.33. The van der Waals surface area contributed by atoms with Crippen LogP contribution in [-0.4, -0.2) is 42.2 Å². The van der Waals surface area contributed by atoms with E-state index in [0.29, 0.717) is 29.6 Å². The average Bonchev–Trinajstić information content (AvgIpc) is 3.40. The first-order chi connectivity index (χ1) is 20.2. The molecule has 0 aromatic heterocycles. The number of benzene rings is 4. The normalized spacial score (nSPS) is 16.1. The SMILES string of the molecule is O=C1N=C(N2CCN(c3ccccc3)CC2)S/C1=C/c1ccc(OCc2ccccc2)c(OCc2ccccc2)c1. The Hall–Kier alpha value is -4.49. The van der Waals surface area contributed by atoms with Crippen LogP contribution in [0.1, 0.15) is 16.7 Å². The van der Waals surface area contributed by atoms with Crippen LogP contribution in [-0.2, 0) is 18.0 Å². The van der Waals surface area contributed by atoms with Crippen LogP contribution in [0.15, 0.2) is 119 Å². The molecule has 0 bridgehead atoms. The van der Waals surface area contributed by atoms with Crippen molar-refractivity contribution in [2.24, 2.45) is 4.99 Å². The van der Waals surface area contributed by atoms with Crippen molar-refractivity contribution in [2.75, 3.05) is 31.1 Å². The van der Waals surface area contributed by atoms with Crippen LogP contribution in [0.2, 0.25) is 0 Å². The average molecular weight is 562 g/mol. The minimum atomic E-state index is -0.202. The van der Waals surface area contributed by atoms with Gasteiger partial charge in [-0.3, -0.25) is 4.79 Å². The molecule has 7 heteroatoms. The maximum Gasteiger partial charge on any atom is 0.286 e. The molecule has 0 radical (unpaired) electrons. The molecule has 2 heterocycles. The predicted molar refractivity (Wildman–Crippen MR) is 166 cm³/mol. The third kappa shape index (κ3) is 6.81. The van der Waals surface area contributed by atoms with Crippen molar-refractivity contribution in [2.45, 2.75) is 13.2 Å². The second-order valence-electron chi connectivity index (χ2n) is 9.87. The van der Waals surface area contributed by atoms with Crippen LogP contribution in [0.4, 0.5) is 5.69 Å². The lowest BCUT2D eigenvalue weighted by molar-refractivity contribution is -0.113.